The molecule has 0 aromatic carbocycles. The third-order valence-electron chi connectivity index (χ3n) is 7.21. The first-order valence-electron chi connectivity index (χ1n) is 8.55. The molecule has 2 fully saturated rings. The Bertz CT molecular complexity index is 524. The number of fused-ring (bicyclic) bond motifs is 4. The summed E-state index contributed by atoms with van der Waals surface area (Å²) in [6, 6.07) is 0. The van der Waals surface area contributed by atoms with Crippen LogP contribution in [-0.2, 0) is 4.79 Å². The highest BCUT2D eigenvalue weighted by atomic mass is 16.1. The van der Waals surface area contributed by atoms with Crippen molar-refractivity contribution in [2.75, 3.05) is 0 Å². The monoisotopic (exact) mass is 270 g/mol. The molecule has 4 aliphatic carbocycles. The van der Waals surface area contributed by atoms with Gasteiger partial charge in [0, 0.05) is 6.42 Å². The SMILES string of the molecule is CC1CCC2C3CCC4=CC(=O)CCC4=C3CC[C@]12C. The maximum Gasteiger partial charge on any atom is 0.156 e. The summed E-state index contributed by atoms with van der Waals surface area (Å²) in [6.07, 6.45) is 11.8. The van der Waals surface area contributed by atoms with Gasteiger partial charge in [0.05, 0.1) is 0 Å². The summed E-state index contributed by atoms with van der Waals surface area (Å²) in [6.45, 7) is 5.04. The Hall–Kier alpha value is -0.850. The van der Waals surface area contributed by atoms with Crippen molar-refractivity contribution in [3.8, 4) is 0 Å². The first kappa shape index (κ1) is 12.9. The van der Waals surface area contributed by atoms with Crippen LogP contribution in [0.5, 0.6) is 0 Å². The molecular weight excluding hydrogens is 244 g/mol. The van der Waals surface area contributed by atoms with Crippen molar-refractivity contribution in [3.05, 3.63) is 22.8 Å². The molecule has 4 aliphatic rings. The second-order valence-electron chi connectivity index (χ2n) is 7.88. The van der Waals surface area contributed by atoms with Crippen LogP contribution in [0.1, 0.15) is 65.2 Å². The van der Waals surface area contributed by atoms with Crippen LogP contribution in [0.3, 0.4) is 0 Å². The van der Waals surface area contributed by atoms with E-state index in [0.717, 1.165) is 37.0 Å². The van der Waals surface area contributed by atoms with Crippen LogP contribution in [0.15, 0.2) is 22.8 Å². The molecule has 0 aromatic rings. The molecule has 0 N–H and O–H groups in total. The van der Waals surface area contributed by atoms with E-state index >= 15 is 0 Å². The summed E-state index contributed by atoms with van der Waals surface area (Å²) in [4.78, 5) is 11.7. The van der Waals surface area contributed by atoms with Crippen molar-refractivity contribution in [2.24, 2.45) is 23.2 Å². The van der Waals surface area contributed by atoms with Crippen molar-refractivity contribution in [1.82, 2.24) is 0 Å². The van der Waals surface area contributed by atoms with Crippen LogP contribution in [0.25, 0.3) is 0 Å². The summed E-state index contributed by atoms with van der Waals surface area (Å²) >= 11 is 0. The molecular formula is C19H26O. The Kier molecular flexibility index (Phi) is 2.78. The van der Waals surface area contributed by atoms with Crippen molar-refractivity contribution >= 4 is 5.78 Å². The maximum atomic E-state index is 11.7. The first-order chi connectivity index (χ1) is 9.59. The number of carbonyl (C=O) groups excluding carboxylic acids is 1. The summed E-state index contributed by atoms with van der Waals surface area (Å²) in [5, 5.41) is 0. The molecule has 4 rings (SSSR count). The van der Waals surface area contributed by atoms with E-state index < -0.39 is 0 Å². The van der Waals surface area contributed by atoms with Crippen LogP contribution in [-0.4, -0.2) is 5.78 Å². The quantitative estimate of drug-likeness (QED) is 0.616. The lowest BCUT2D eigenvalue weighted by molar-refractivity contribution is -0.114. The van der Waals surface area contributed by atoms with E-state index in [-0.39, 0.29) is 0 Å². The van der Waals surface area contributed by atoms with Crippen LogP contribution in [0.4, 0.5) is 0 Å². The van der Waals surface area contributed by atoms with E-state index in [1.54, 1.807) is 11.1 Å². The zero-order chi connectivity index (χ0) is 13.9. The van der Waals surface area contributed by atoms with Gasteiger partial charge in [0.2, 0.25) is 0 Å². The molecule has 0 saturated heterocycles. The second kappa shape index (κ2) is 4.32. The molecule has 0 bridgehead atoms. The summed E-state index contributed by atoms with van der Waals surface area (Å²) in [5.41, 5.74) is 5.39. The second-order valence-corrected chi connectivity index (χ2v) is 7.88. The molecule has 0 amide bonds. The molecule has 20 heavy (non-hydrogen) atoms. The highest BCUT2D eigenvalue weighted by Gasteiger charge is 2.51. The first-order valence-corrected chi connectivity index (χ1v) is 8.55. The van der Waals surface area contributed by atoms with Gasteiger partial charge in [0.15, 0.2) is 5.78 Å². The van der Waals surface area contributed by atoms with E-state index in [2.05, 4.69) is 13.8 Å². The molecule has 0 aromatic heterocycles. The fraction of sp³-hybridized carbons (Fsp3) is 0.737. The molecule has 1 heteroatoms. The van der Waals surface area contributed by atoms with Crippen molar-refractivity contribution in [2.45, 2.75) is 65.2 Å². The summed E-state index contributed by atoms with van der Waals surface area (Å²) < 4.78 is 0. The van der Waals surface area contributed by atoms with Gasteiger partial charge in [-0.3, -0.25) is 4.79 Å². The Morgan fingerprint density at radius 2 is 1.95 bits per heavy atom. The molecule has 4 atom stereocenters. The normalized spacial score (nSPS) is 43.8. The smallest absolute Gasteiger partial charge is 0.156 e. The van der Waals surface area contributed by atoms with Gasteiger partial charge in [0.25, 0.3) is 0 Å². The topological polar surface area (TPSA) is 17.1 Å². The Morgan fingerprint density at radius 3 is 2.80 bits per heavy atom. The van der Waals surface area contributed by atoms with Gasteiger partial charge in [0.1, 0.15) is 0 Å². The molecule has 2 saturated carbocycles. The van der Waals surface area contributed by atoms with Crippen LogP contribution >= 0.6 is 0 Å². The lowest BCUT2D eigenvalue weighted by Gasteiger charge is -2.48. The highest BCUT2D eigenvalue weighted by Crippen LogP contribution is 2.61. The van der Waals surface area contributed by atoms with Crippen molar-refractivity contribution in [3.63, 3.8) is 0 Å². The Balaban J connectivity index is 1.74. The van der Waals surface area contributed by atoms with Gasteiger partial charge in [-0.2, -0.15) is 0 Å². The fourth-order valence-electron chi connectivity index (χ4n) is 5.79. The average Bonchev–Trinajstić information content (AvgIpc) is 2.74. The molecule has 0 aliphatic heterocycles. The third-order valence-corrected chi connectivity index (χ3v) is 7.21. The standard InChI is InChI=1S/C19H26O/c1-12-3-8-18-17-6-4-13-11-14(20)5-7-15(13)16(17)9-10-19(12,18)2/h11-12,17-18H,3-10H2,1-2H3/t12?,17?,18?,19-/m1/s1. The van der Waals surface area contributed by atoms with Gasteiger partial charge in [-0.25, -0.2) is 0 Å². The maximum absolute atomic E-state index is 11.7. The predicted molar refractivity (Wildman–Crippen MR) is 81.3 cm³/mol. The third kappa shape index (κ3) is 1.64. The van der Waals surface area contributed by atoms with Gasteiger partial charge in [-0.1, -0.05) is 19.4 Å². The number of rotatable bonds is 0. The average molecular weight is 270 g/mol. The van der Waals surface area contributed by atoms with E-state index in [4.69, 9.17) is 0 Å². The van der Waals surface area contributed by atoms with E-state index in [0.29, 0.717) is 11.2 Å². The predicted octanol–water partition coefficient (Wildman–Crippen LogP) is 4.83. The Morgan fingerprint density at radius 1 is 1.10 bits per heavy atom. The van der Waals surface area contributed by atoms with Crippen LogP contribution in [0, 0.1) is 23.2 Å². The van der Waals surface area contributed by atoms with Crippen LogP contribution < -0.4 is 0 Å². The summed E-state index contributed by atoms with van der Waals surface area (Å²) in [7, 11) is 0. The lowest BCUT2D eigenvalue weighted by atomic mass is 9.56. The van der Waals surface area contributed by atoms with E-state index in [1.807, 2.05) is 6.08 Å². The number of hydrogen-bond donors (Lipinski definition) is 0. The van der Waals surface area contributed by atoms with Gasteiger partial charge in [-0.05, 0) is 85.3 Å². The minimum absolute atomic E-state index is 0.359. The summed E-state index contributed by atoms with van der Waals surface area (Å²) in [5.74, 6) is 3.04. The number of ketones is 1. The van der Waals surface area contributed by atoms with Crippen LogP contribution in [0.2, 0.25) is 0 Å². The molecule has 0 spiro atoms. The Labute approximate surface area is 122 Å². The zero-order valence-electron chi connectivity index (χ0n) is 12.9. The van der Waals surface area contributed by atoms with E-state index in [9.17, 15) is 4.79 Å². The van der Waals surface area contributed by atoms with Gasteiger partial charge < -0.3 is 0 Å². The largest absolute Gasteiger partial charge is 0.295 e. The fourth-order valence-corrected chi connectivity index (χ4v) is 5.79. The number of hydrogen-bond acceptors (Lipinski definition) is 1. The minimum atomic E-state index is 0.359. The molecule has 1 nitrogen and oxygen atoms in total. The van der Waals surface area contributed by atoms with Gasteiger partial charge >= 0.3 is 0 Å². The zero-order valence-corrected chi connectivity index (χ0v) is 12.9. The van der Waals surface area contributed by atoms with Crippen molar-refractivity contribution < 1.29 is 4.79 Å². The lowest BCUT2D eigenvalue weighted by Crippen LogP contribution is -2.39. The number of allylic oxidation sites excluding steroid dienone is 4. The van der Waals surface area contributed by atoms with Gasteiger partial charge in [-0.15, -0.1) is 0 Å². The minimum Gasteiger partial charge on any atom is -0.295 e. The molecule has 3 unspecified atom stereocenters. The number of carbonyl (C=O) groups is 1. The molecule has 0 heterocycles. The highest BCUT2D eigenvalue weighted by molar-refractivity contribution is 5.93. The van der Waals surface area contributed by atoms with Crippen molar-refractivity contribution in [1.29, 1.82) is 0 Å². The van der Waals surface area contributed by atoms with E-state index in [1.165, 1.54) is 37.7 Å². The molecule has 108 valence electrons. The molecule has 0 radical (unpaired) electrons.